The lowest BCUT2D eigenvalue weighted by Crippen LogP contribution is -2.45. The largest absolute Gasteiger partial charge is 0.351 e. The van der Waals surface area contributed by atoms with E-state index in [1.807, 2.05) is 35.2 Å². The van der Waals surface area contributed by atoms with E-state index in [1.54, 1.807) is 12.1 Å². The predicted octanol–water partition coefficient (Wildman–Crippen LogP) is 2.79. The van der Waals surface area contributed by atoms with E-state index in [4.69, 9.17) is 0 Å². The summed E-state index contributed by atoms with van der Waals surface area (Å²) in [4.78, 5) is 26.7. The molecule has 1 fully saturated rings. The van der Waals surface area contributed by atoms with Gasteiger partial charge in [0.25, 0.3) is 0 Å². The average molecular weight is 369 g/mol. The number of likely N-dealkylation sites (tertiary alicyclic amines) is 1. The molecule has 2 aromatic carbocycles. The molecular weight excluding hydrogens is 345 g/mol. The summed E-state index contributed by atoms with van der Waals surface area (Å²) in [6.45, 7) is 2.00. The van der Waals surface area contributed by atoms with Crippen molar-refractivity contribution in [3.05, 3.63) is 66.0 Å². The smallest absolute Gasteiger partial charge is 0.234 e. The van der Waals surface area contributed by atoms with Crippen LogP contribution in [-0.2, 0) is 16.1 Å². The molecule has 1 aliphatic heterocycles. The maximum absolute atomic E-state index is 12.9. The van der Waals surface area contributed by atoms with Crippen molar-refractivity contribution in [2.45, 2.75) is 19.4 Å². The molecule has 1 heterocycles. The number of piperidine rings is 1. The third-order valence-corrected chi connectivity index (χ3v) is 4.69. The van der Waals surface area contributed by atoms with Crippen LogP contribution in [0.15, 0.2) is 54.6 Å². The Morgan fingerprint density at radius 1 is 1.07 bits per heavy atom. The van der Waals surface area contributed by atoms with Gasteiger partial charge in [-0.1, -0.05) is 30.3 Å². The number of nitrogens with one attached hydrogen (secondary N) is 2. The van der Waals surface area contributed by atoms with Gasteiger partial charge in [0.1, 0.15) is 5.82 Å². The number of hydrogen-bond acceptors (Lipinski definition) is 3. The van der Waals surface area contributed by atoms with Crippen molar-refractivity contribution >= 4 is 17.5 Å². The molecule has 2 aromatic rings. The minimum Gasteiger partial charge on any atom is -0.351 e. The third kappa shape index (κ3) is 5.89. The van der Waals surface area contributed by atoms with Gasteiger partial charge in [-0.2, -0.15) is 0 Å². The second-order valence-electron chi connectivity index (χ2n) is 6.83. The molecule has 0 spiro atoms. The lowest BCUT2D eigenvalue weighted by Gasteiger charge is -2.31. The molecule has 27 heavy (non-hydrogen) atoms. The molecule has 5 nitrogen and oxygen atoms in total. The molecule has 0 aromatic heterocycles. The maximum Gasteiger partial charge on any atom is 0.234 e. The van der Waals surface area contributed by atoms with Crippen LogP contribution < -0.4 is 10.6 Å². The zero-order valence-electron chi connectivity index (χ0n) is 15.2. The second-order valence-corrected chi connectivity index (χ2v) is 6.83. The number of carbonyl (C=O) groups excluding carboxylic acids is 2. The fourth-order valence-corrected chi connectivity index (χ4v) is 3.24. The van der Waals surface area contributed by atoms with Crippen molar-refractivity contribution in [1.29, 1.82) is 0 Å². The SMILES string of the molecule is O=C(CN1CCC[C@H](C(=O)Nc2ccccc2)C1)NCc1ccc(F)cc1. The third-order valence-electron chi connectivity index (χ3n) is 4.69. The highest BCUT2D eigenvalue weighted by Crippen LogP contribution is 2.18. The molecule has 0 radical (unpaired) electrons. The number of para-hydroxylation sites is 1. The Labute approximate surface area is 158 Å². The molecule has 1 saturated heterocycles. The van der Waals surface area contributed by atoms with E-state index in [-0.39, 0.29) is 30.1 Å². The number of anilines is 1. The van der Waals surface area contributed by atoms with Crippen LogP contribution in [0.1, 0.15) is 18.4 Å². The highest BCUT2D eigenvalue weighted by molar-refractivity contribution is 5.92. The first-order chi connectivity index (χ1) is 13.1. The van der Waals surface area contributed by atoms with Crippen LogP contribution in [0.4, 0.5) is 10.1 Å². The molecule has 0 saturated carbocycles. The molecule has 6 heteroatoms. The topological polar surface area (TPSA) is 61.4 Å². The van der Waals surface area contributed by atoms with Crippen LogP contribution in [0.5, 0.6) is 0 Å². The molecule has 0 aliphatic carbocycles. The van der Waals surface area contributed by atoms with Gasteiger partial charge in [-0.05, 0) is 49.2 Å². The number of carbonyl (C=O) groups is 2. The van der Waals surface area contributed by atoms with E-state index in [0.29, 0.717) is 13.1 Å². The van der Waals surface area contributed by atoms with Crippen molar-refractivity contribution in [1.82, 2.24) is 10.2 Å². The van der Waals surface area contributed by atoms with E-state index in [0.717, 1.165) is 30.6 Å². The number of amides is 2. The Morgan fingerprint density at radius 2 is 1.81 bits per heavy atom. The van der Waals surface area contributed by atoms with Gasteiger partial charge in [0.05, 0.1) is 12.5 Å². The predicted molar refractivity (Wildman–Crippen MR) is 102 cm³/mol. The van der Waals surface area contributed by atoms with Gasteiger partial charge in [0.2, 0.25) is 11.8 Å². The number of rotatable bonds is 6. The summed E-state index contributed by atoms with van der Waals surface area (Å²) in [7, 11) is 0. The Bertz CT molecular complexity index is 765. The number of hydrogen-bond donors (Lipinski definition) is 2. The van der Waals surface area contributed by atoms with E-state index >= 15 is 0 Å². The molecule has 1 atom stereocenters. The van der Waals surface area contributed by atoms with Gasteiger partial charge in [-0.3, -0.25) is 14.5 Å². The molecular formula is C21H24FN3O2. The lowest BCUT2D eigenvalue weighted by atomic mass is 9.97. The minimum absolute atomic E-state index is 0.00220. The number of nitrogens with zero attached hydrogens (tertiary/aromatic N) is 1. The van der Waals surface area contributed by atoms with E-state index < -0.39 is 0 Å². The van der Waals surface area contributed by atoms with Crippen LogP contribution in [0.3, 0.4) is 0 Å². The fraction of sp³-hybridized carbons (Fsp3) is 0.333. The summed E-state index contributed by atoms with van der Waals surface area (Å²) in [5.74, 6) is -0.511. The van der Waals surface area contributed by atoms with E-state index in [2.05, 4.69) is 10.6 Å². The van der Waals surface area contributed by atoms with E-state index in [9.17, 15) is 14.0 Å². The molecule has 3 rings (SSSR count). The first kappa shape index (κ1) is 19.0. The Kier molecular flexibility index (Phi) is 6.54. The first-order valence-corrected chi connectivity index (χ1v) is 9.19. The Hall–Kier alpha value is -2.73. The molecule has 0 bridgehead atoms. The standard InChI is InChI=1S/C21H24FN3O2/c22-18-10-8-16(9-11-18)13-23-20(26)15-25-12-4-5-17(14-25)21(27)24-19-6-2-1-3-7-19/h1-3,6-11,17H,4-5,12-15H2,(H,23,26)(H,24,27)/t17-/m0/s1. The van der Waals surface area contributed by atoms with Crippen molar-refractivity contribution < 1.29 is 14.0 Å². The van der Waals surface area contributed by atoms with Crippen molar-refractivity contribution in [3.63, 3.8) is 0 Å². The van der Waals surface area contributed by atoms with Crippen LogP contribution in [0, 0.1) is 11.7 Å². The highest BCUT2D eigenvalue weighted by Gasteiger charge is 2.26. The summed E-state index contributed by atoms with van der Waals surface area (Å²) in [5.41, 5.74) is 1.64. The average Bonchev–Trinajstić information content (AvgIpc) is 2.68. The van der Waals surface area contributed by atoms with Gasteiger partial charge in [-0.25, -0.2) is 4.39 Å². The quantitative estimate of drug-likeness (QED) is 0.823. The Morgan fingerprint density at radius 3 is 2.56 bits per heavy atom. The fourth-order valence-electron chi connectivity index (χ4n) is 3.24. The molecule has 0 unspecified atom stereocenters. The van der Waals surface area contributed by atoms with Crippen LogP contribution in [0.2, 0.25) is 0 Å². The first-order valence-electron chi connectivity index (χ1n) is 9.19. The molecule has 2 amide bonds. The van der Waals surface area contributed by atoms with Crippen LogP contribution in [0.25, 0.3) is 0 Å². The minimum atomic E-state index is -0.293. The van der Waals surface area contributed by atoms with Crippen molar-refractivity contribution in [2.75, 3.05) is 25.0 Å². The summed E-state index contributed by atoms with van der Waals surface area (Å²) in [5, 5.41) is 5.79. The van der Waals surface area contributed by atoms with Crippen molar-refractivity contribution in [2.24, 2.45) is 5.92 Å². The summed E-state index contributed by atoms with van der Waals surface area (Å²) >= 11 is 0. The zero-order chi connectivity index (χ0) is 19.1. The van der Waals surface area contributed by atoms with Gasteiger partial charge in [0.15, 0.2) is 0 Å². The summed E-state index contributed by atoms with van der Waals surface area (Å²) in [6.07, 6.45) is 1.71. The normalized spacial score (nSPS) is 17.3. The van der Waals surface area contributed by atoms with Crippen molar-refractivity contribution in [3.8, 4) is 0 Å². The van der Waals surface area contributed by atoms with Gasteiger partial charge < -0.3 is 10.6 Å². The van der Waals surface area contributed by atoms with Gasteiger partial charge in [0, 0.05) is 18.8 Å². The maximum atomic E-state index is 12.9. The summed E-state index contributed by atoms with van der Waals surface area (Å²) in [6, 6.07) is 15.5. The lowest BCUT2D eigenvalue weighted by molar-refractivity contribution is -0.125. The zero-order valence-corrected chi connectivity index (χ0v) is 15.2. The second kappa shape index (κ2) is 9.28. The van der Waals surface area contributed by atoms with Crippen LogP contribution >= 0.6 is 0 Å². The van der Waals surface area contributed by atoms with Gasteiger partial charge >= 0.3 is 0 Å². The molecule has 1 aliphatic rings. The van der Waals surface area contributed by atoms with Gasteiger partial charge in [-0.15, -0.1) is 0 Å². The molecule has 142 valence electrons. The van der Waals surface area contributed by atoms with Crippen LogP contribution in [-0.4, -0.2) is 36.3 Å². The summed E-state index contributed by atoms with van der Waals surface area (Å²) < 4.78 is 12.9. The van der Waals surface area contributed by atoms with E-state index in [1.165, 1.54) is 12.1 Å². The number of halogens is 1. The number of benzene rings is 2. The molecule has 2 N–H and O–H groups in total. The monoisotopic (exact) mass is 369 g/mol. The highest BCUT2D eigenvalue weighted by atomic mass is 19.1. The Balaban J connectivity index is 1.45.